The number of hydrogen-bond acceptors (Lipinski definition) is 3. The second-order valence-electron chi connectivity index (χ2n) is 4.74. The van der Waals surface area contributed by atoms with Crippen molar-refractivity contribution >= 4 is 15.7 Å². The molecule has 2 atom stereocenters. The van der Waals surface area contributed by atoms with E-state index >= 15 is 0 Å². The van der Waals surface area contributed by atoms with E-state index in [4.69, 9.17) is 0 Å². The van der Waals surface area contributed by atoms with Crippen LogP contribution in [0.1, 0.15) is 26.2 Å². The standard InChI is InChI=1S/C13H20N2O2S/c1-3-6-10-9-12(10)15-11-7-4-5-8-13(11)18(16,17)14-2/h4-5,7-8,10,12,14-15H,3,6,9H2,1-2H3. The molecule has 18 heavy (non-hydrogen) atoms. The molecule has 0 bridgehead atoms. The van der Waals surface area contributed by atoms with Gasteiger partial charge in [-0.3, -0.25) is 0 Å². The van der Waals surface area contributed by atoms with E-state index in [-0.39, 0.29) is 0 Å². The molecule has 0 radical (unpaired) electrons. The molecule has 0 saturated heterocycles. The van der Waals surface area contributed by atoms with E-state index in [1.165, 1.54) is 19.9 Å². The van der Waals surface area contributed by atoms with Gasteiger partial charge in [0.25, 0.3) is 0 Å². The molecule has 2 rings (SSSR count). The number of sulfonamides is 1. The van der Waals surface area contributed by atoms with Crippen LogP contribution in [0.2, 0.25) is 0 Å². The molecule has 4 nitrogen and oxygen atoms in total. The number of para-hydroxylation sites is 1. The van der Waals surface area contributed by atoms with Gasteiger partial charge >= 0.3 is 0 Å². The van der Waals surface area contributed by atoms with Crippen LogP contribution in [0.25, 0.3) is 0 Å². The zero-order valence-electron chi connectivity index (χ0n) is 10.8. The summed E-state index contributed by atoms with van der Waals surface area (Å²) >= 11 is 0. The van der Waals surface area contributed by atoms with E-state index < -0.39 is 10.0 Å². The molecule has 100 valence electrons. The highest BCUT2D eigenvalue weighted by atomic mass is 32.2. The van der Waals surface area contributed by atoms with Crippen LogP contribution in [-0.4, -0.2) is 21.5 Å². The summed E-state index contributed by atoms with van der Waals surface area (Å²) in [4.78, 5) is 0.328. The van der Waals surface area contributed by atoms with Crippen molar-refractivity contribution in [2.75, 3.05) is 12.4 Å². The molecule has 2 N–H and O–H groups in total. The maximum absolute atomic E-state index is 11.9. The third kappa shape index (κ3) is 2.84. The predicted octanol–water partition coefficient (Wildman–Crippen LogP) is 2.20. The van der Waals surface area contributed by atoms with E-state index in [9.17, 15) is 8.42 Å². The highest BCUT2D eigenvalue weighted by Crippen LogP contribution is 2.38. The van der Waals surface area contributed by atoms with Crippen LogP contribution >= 0.6 is 0 Å². The average Bonchev–Trinajstić information content (AvgIpc) is 3.08. The Labute approximate surface area is 109 Å². The predicted molar refractivity (Wildman–Crippen MR) is 73.1 cm³/mol. The zero-order chi connectivity index (χ0) is 13.2. The fraction of sp³-hybridized carbons (Fsp3) is 0.538. The normalized spacial score (nSPS) is 22.8. The number of anilines is 1. The lowest BCUT2D eigenvalue weighted by atomic mass is 10.2. The smallest absolute Gasteiger partial charge is 0.242 e. The quantitative estimate of drug-likeness (QED) is 0.831. The molecular weight excluding hydrogens is 248 g/mol. The monoisotopic (exact) mass is 268 g/mol. The van der Waals surface area contributed by atoms with Gasteiger partial charge in [0.05, 0.1) is 5.69 Å². The van der Waals surface area contributed by atoms with Crippen molar-refractivity contribution in [2.45, 2.75) is 37.1 Å². The van der Waals surface area contributed by atoms with Crippen LogP contribution in [0, 0.1) is 5.92 Å². The Kier molecular flexibility index (Phi) is 3.92. The van der Waals surface area contributed by atoms with Crippen LogP contribution in [0.4, 0.5) is 5.69 Å². The van der Waals surface area contributed by atoms with E-state index in [1.54, 1.807) is 12.1 Å². The van der Waals surface area contributed by atoms with Gasteiger partial charge in [-0.05, 0) is 37.9 Å². The van der Waals surface area contributed by atoms with Crippen molar-refractivity contribution in [1.82, 2.24) is 4.72 Å². The molecule has 0 aromatic heterocycles. The largest absolute Gasteiger partial charge is 0.381 e. The minimum absolute atomic E-state index is 0.328. The molecule has 2 unspecified atom stereocenters. The molecule has 1 aromatic rings. The average molecular weight is 268 g/mol. The first kappa shape index (κ1) is 13.4. The lowest BCUT2D eigenvalue weighted by Gasteiger charge is -2.11. The lowest BCUT2D eigenvalue weighted by molar-refractivity contribution is 0.588. The molecule has 5 heteroatoms. The summed E-state index contributed by atoms with van der Waals surface area (Å²) in [6, 6.07) is 7.48. The van der Waals surface area contributed by atoms with Gasteiger partial charge in [0, 0.05) is 6.04 Å². The van der Waals surface area contributed by atoms with Gasteiger partial charge in [-0.25, -0.2) is 13.1 Å². The maximum Gasteiger partial charge on any atom is 0.242 e. The minimum atomic E-state index is -3.39. The Morgan fingerprint density at radius 2 is 2.06 bits per heavy atom. The summed E-state index contributed by atoms with van der Waals surface area (Å²) in [7, 11) is -1.96. The highest BCUT2D eigenvalue weighted by molar-refractivity contribution is 7.89. The Morgan fingerprint density at radius 1 is 1.33 bits per heavy atom. The molecule has 0 aliphatic heterocycles. The van der Waals surface area contributed by atoms with Crippen LogP contribution in [0.3, 0.4) is 0 Å². The second kappa shape index (κ2) is 5.28. The van der Waals surface area contributed by atoms with Gasteiger partial charge < -0.3 is 5.32 Å². The molecular formula is C13H20N2O2S. The summed E-state index contributed by atoms with van der Waals surface area (Å²) < 4.78 is 26.1. The van der Waals surface area contributed by atoms with Gasteiger partial charge in [0.2, 0.25) is 10.0 Å². The van der Waals surface area contributed by atoms with Gasteiger partial charge in [-0.2, -0.15) is 0 Å². The Hall–Kier alpha value is -1.07. The lowest BCUT2D eigenvalue weighted by Crippen LogP contribution is -2.20. The molecule has 0 amide bonds. The van der Waals surface area contributed by atoms with Crippen molar-refractivity contribution in [2.24, 2.45) is 5.92 Å². The van der Waals surface area contributed by atoms with Crippen molar-refractivity contribution in [1.29, 1.82) is 0 Å². The summed E-state index contributed by atoms with van der Waals surface area (Å²) in [6.07, 6.45) is 3.53. The molecule has 1 aliphatic rings. The number of benzene rings is 1. The first-order valence-electron chi connectivity index (χ1n) is 6.37. The molecule has 0 heterocycles. The van der Waals surface area contributed by atoms with Crippen molar-refractivity contribution in [3.05, 3.63) is 24.3 Å². The van der Waals surface area contributed by atoms with Crippen molar-refractivity contribution < 1.29 is 8.42 Å². The first-order valence-corrected chi connectivity index (χ1v) is 7.86. The van der Waals surface area contributed by atoms with E-state index in [1.807, 2.05) is 12.1 Å². The van der Waals surface area contributed by atoms with Crippen LogP contribution in [-0.2, 0) is 10.0 Å². The molecule has 0 spiro atoms. The Morgan fingerprint density at radius 3 is 2.72 bits per heavy atom. The topological polar surface area (TPSA) is 58.2 Å². The van der Waals surface area contributed by atoms with E-state index in [0.29, 0.717) is 22.5 Å². The third-order valence-electron chi connectivity index (χ3n) is 3.37. The van der Waals surface area contributed by atoms with Crippen LogP contribution in [0.15, 0.2) is 29.2 Å². The van der Waals surface area contributed by atoms with Gasteiger partial charge in [-0.1, -0.05) is 25.5 Å². The Bertz CT molecular complexity index is 513. The summed E-state index contributed by atoms with van der Waals surface area (Å²) in [5.41, 5.74) is 0.704. The summed E-state index contributed by atoms with van der Waals surface area (Å²) in [5, 5.41) is 3.34. The Balaban J connectivity index is 2.15. The fourth-order valence-electron chi connectivity index (χ4n) is 2.24. The minimum Gasteiger partial charge on any atom is -0.381 e. The van der Waals surface area contributed by atoms with Crippen LogP contribution < -0.4 is 10.0 Å². The van der Waals surface area contributed by atoms with Crippen LogP contribution in [0.5, 0.6) is 0 Å². The molecule has 1 fully saturated rings. The third-order valence-corrected chi connectivity index (χ3v) is 4.84. The van der Waals surface area contributed by atoms with Gasteiger partial charge in [0.15, 0.2) is 0 Å². The van der Waals surface area contributed by atoms with Crippen molar-refractivity contribution in [3.8, 4) is 0 Å². The second-order valence-corrected chi connectivity index (χ2v) is 6.59. The van der Waals surface area contributed by atoms with Gasteiger partial charge in [-0.15, -0.1) is 0 Å². The molecule has 1 aliphatic carbocycles. The number of rotatable bonds is 6. The summed E-state index contributed by atoms with van der Waals surface area (Å²) in [5.74, 6) is 0.695. The number of hydrogen-bond donors (Lipinski definition) is 2. The summed E-state index contributed by atoms with van der Waals surface area (Å²) in [6.45, 7) is 2.18. The number of nitrogens with one attached hydrogen (secondary N) is 2. The first-order chi connectivity index (χ1) is 8.58. The van der Waals surface area contributed by atoms with E-state index in [2.05, 4.69) is 17.0 Å². The molecule has 1 saturated carbocycles. The SMILES string of the molecule is CCCC1CC1Nc1ccccc1S(=O)(=O)NC. The molecule has 1 aromatic carbocycles. The van der Waals surface area contributed by atoms with Crippen molar-refractivity contribution in [3.63, 3.8) is 0 Å². The highest BCUT2D eigenvalue weighted by Gasteiger charge is 2.36. The van der Waals surface area contributed by atoms with E-state index in [0.717, 1.165) is 6.42 Å². The van der Waals surface area contributed by atoms with Gasteiger partial charge in [0.1, 0.15) is 4.90 Å². The zero-order valence-corrected chi connectivity index (χ0v) is 11.6. The maximum atomic E-state index is 11.9. The fourth-order valence-corrected chi connectivity index (χ4v) is 3.14.